The van der Waals surface area contributed by atoms with Gasteiger partial charge in [-0.2, -0.15) is 0 Å². The van der Waals surface area contributed by atoms with Crippen molar-refractivity contribution in [2.24, 2.45) is 0 Å². The summed E-state index contributed by atoms with van der Waals surface area (Å²) in [6.45, 7) is 2.51. The van der Waals surface area contributed by atoms with Gasteiger partial charge in [0.25, 0.3) is 5.91 Å². The van der Waals surface area contributed by atoms with Crippen molar-refractivity contribution in [1.29, 1.82) is 0 Å². The second-order valence-electron chi connectivity index (χ2n) is 6.66. The Hall–Kier alpha value is -3.47. The second kappa shape index (κ2) is 9.46. The molecule has 3 rings (SSSR count). The van der Waals surface area contributed by atoms with Crippen molar-refractivity contribution in [3.63, 3.8) is 0 Å². The zero-order valence-electron chi connectivity index (χ0n) is 15.8. The lowest BCUT2D eigenvalue weighted by atomic mass is 10.1. The van der Waals surface area contributed by atoms with Gasteiger partial charge in [0.15, 0.2) is 0 Å². The van der Waals surface area contributed by atoms with E-state index in [4.69, 9.17) is 0 Å². The molecule has 3 aromatic rings. The number of nitrogens with zero attached hydrogens (tertiary/aromatic N) is 1. The highest BCUT2D eigenvalue weighted by Crippen LogP contribution is 2.11. The Balaban J connectivity index is 1.44. The van der Waals surface area contributed by atoms with Crippen molar-refractivity contribution < 1.29 is 9.59 Å². The molecule has 0 fully saturated rings. The summed E-state index contributed by atoms with van der Waals surface area (Å²) in [5, 5.41) is 5.76. The number of pyridine rings is 1. The van der Waals surface area contributed by atoms with Gasteiger partial charge < -0.3 is 10.6 Å². The van der Waals surface area contributed by atoms with Crippen LogP contribution < -0.4 is 10.6 Å². The van der Waals surface area contributed by atoms with E-state index >= 15 is 0 Å². The second-order valence-corrected chi connectivity index (χ2v) is 6.66. The predicted molar refractivity (Wildman–Crippen MR) is 110 cm³/mol. The summed E-state index contributed by atoms with van der Waals surface area (Å²) in [5.74, 6) is -0.181. The van der Waals surface area contributed by atoms with Crippen molar-refractivity contribution in [2.75, 3.05) is 5.32 Å². The molecule has 0 aliphatic heterocycles. The maximum absolute atomic E-state index is 12.1. The number of amides is 2. The number of carbonyl (C=O) groups is 2. The van der Waals surface area contributed by atoms with Crippen LogP contribution in [0.5, 0.6) is 0 Å². The average molecular weight is 373 g/mol. The molecular formula is C23H23N3O2. The zero-order valence-corrected chi connectivity index (χ0v) is 15.8. The van der Waals surface area contributed by atoms with Crippen molar-refractivity contribution in [3.8, 4) is 0 Å². The van der Waals surface area contributed by atoms with E-state index in [2.05, 4.69) is 39.9 Å². The van der Waals surface area contributed by atoms with E-state index in [9.17, 15) is 9.59 Å². The van der Waals surface area contributed by atoms with Crippen molar-refractivity contribution in [2.45, 2.75) is 26.3 Å². The average Bonchev–Trinajstić information content (AvgIpc) is 2.73. The molecule has 2 aromatic carbocycles. The molecule has 0 aliphatic carbocycles. The number of nitrogens with one attached hydrogen (secondary N) is 2. The summed E-state index contributed by atoms with van der Waals surface area (Å²) >= 11 is 0. The fourth-order valence-corrected chi connectivity index (χ4v) is 2.71. The minimum atomic E-state index is -0.203. The minimum absolute atomic E-state index is 0.0227. The van der Waals surface area contributed by atoms with E-state index in [1.165, 1.54) is 11.8 Å². The molecule has 0 radical (unpaired) electrons. The summed E-state index contributed by atoms with van der Waals surface area (Å²) in [6.07, 6.45) is 4.34. The lowest BCUT2D eigenvalue weighted by molar-refractivity contribution is -0.121. The summed E-state index contributed by atoms with van der Waals surface area (Å²) < 4.78 is 0. The number of hydrogen-bond acceptors (Lipinski definition) is 3. The molecule has 0 atom stereocenters. The smallest absolute Gasteiger partial charge is 0.257 e. The van der Waals surface area contributed by atoms with Crippen LogP contribution >= 0.6 is 0 Å². The molecule has 5 heteroatoms. The summed E-state index contributed by atoms with van der Waals surface area (Å²) in [5.41, 5.74) is 4.56. The lowest BCUT2D eigenvalue weighted by Gasteiger charge is -2.08. The van der Waals surface area contributed by atoms with Gasteiger partial charge in [-0.25, -0.2) is 0 Å². The van der Waals surface area contributed by atoms with Gasteiger partial charge in [-0.1, -0.05) is 42.0 Å². The van der Waals surface area contributed by atoms with Gasteiger partial charge in [0, 0.05) is 31.0 Å². The van der Waals surface area contributed by atoms with Crippen molar-refractivity contribution >= 4 is 17.5 Å². The third-order valence-electron chi connectivity index (χ3n) is 4.39. The fraction of sp³-hybridized carbons (Fsp3) is 0.174. The molecule has 0 saturated heterocycles. The highest BCUT2D eigenvalue weighted by atomic mass is 16.2. The van der Waals surface area contributed by atoms with Gasteiger partial charge in [-0.3, -0.25) is 14.6 Å². The first kappa shape index (κ1) is 19.3. The molecule has 2 amide bonds. The Morgan fingerprint density at radius 2 is 1.64 bits per heavy atom. The van der Waals surface area contributed by atoms with Gasteiger partial charge in [0.2, 0.25) is 5.91 Å². The van der Waals surface area contributed by atoms with Crippen LogP contribution in [0, 0.1) is 6.92 Å². The number of carbonyl (C=O) groups excluding carboxylic acids is 2. The number of anilines is 1. The van der Waals surface area contributed by atoms with Crippen LogP contribution in [0.3, 0.4) is 0 Å². The van der Waals surface area contributed by atoms with E-state index in [1.54, 1.807) is 18.3 Å². The number of aromatic nitrogens is 1. The molecule has 1 heterocycles. The van der Waals surface area contributed by atoms with Gasteiger partial charge in [-0.05, 0) is 48.7 Å². The third kappa shape index (κ3) is 5.77. The maximum atomic E-state index is 12.1. The molecule has 2 N–H and O–H groups in total. The predicted octanol–water partition coefficient (Wildman–Crippen LogP) is 3.89. The Kier molecular flexibility index (Phi) is 6.52. The van der Waals surface area contributed by atoms with Gasteiger partial charge in [0.05, 0.1) is 5.56 Å². The molecule has 0 aliphatic rings. The lowest BCUT2D eigenvalue weighted by Crippen LogP contribution is -2.23. The van der Waals surface area contributed by atoms with Crippen molar-refractivity contribution in [1.82, 2.24) is 10.3 Å². The van der Waals surface area contributed by atoms with Gasteiger partial charge >= 0.3 is 0 Å². The van der Waals surface area contributed by atoms with Crippen LogP contribution in [0.25, 0.3) is 0 Å². The SMILES string of the molecule is Cc1ccc(CCC(=O)NCc2ccc(NC(=O)c3cccnc3)cc2)cc1. The monoisotopic (exact) mass is 373 g/mol. The van der Waals surface area contributed by atoms with Gasteiger partial charge in [0.1, 0.15) is 0 Å². The Labute approximate surface area is 164 Å². The third-order valence-corrected chi connectivity index (χ3v) is 4.39. The molecule has 0 spiro atoms. The molecule has 142 valence electrons. The van der Waals surface area contributed by atoms with E-state index < -0.39 is 0 Å². The Morgan fingerprint density at radius 1 is 0.929 bits per heavy atom. The summed E-state index contributed by atoms with van der Waals surface area (Å²) in [6, 6.07) is 19.1. The van der Waals surface area contributed by atoms with Crippen LogP contribution in [0.4, 0.5) is 5.69 Å². The zero-order chi connectivity index (χ0) is 19.8. The highest BCUT2D eigenvalue weighted by molar-refractivity contribution is 6.04. The molecular weight excluding hydrogens is 350 g/mol. The van der Waals surface area contributed by atoms with Crippen LogP contribution in [0.15, 0.2) is 73.1 Å². The topological polar surface area (TPSA) is 71.1 Å². The van der Waals surface area contributed by atoms with E-state index in [0.29, 0.717) is 24.2 Å². The maximum Gasteiger partial charge on any atom is 0.257 e. The first-order valence-corrected chi connectivity index (χ1v) is 9.23. The van der Waals surface area contributed by atoms with E-state index in [1.807, 2.05) is 31.2 Å². The van der Waals surface area contributed by atoms with Crippen LogP contribution in [0.2, 0.25) is 0 Å². The van der Waals surface area contributed by atoms with Crippen LogP contribution in [0.1, 0.15) is 33.5 Å². The van der Waals surface area contributed by atoms with E-state index in [-0.39, 0.29) is 11.8 Å². The number of aryl methyl sites for hydroxylation is 2. The Morgan fingerprint density at radius 3 is 2.32 bits per heavy atom. The first-order chi connectivity index (χ1) is 13.6. The standard InChI is InChI=1S/C23H23N3O2/c1-17-4-6-18(7-5-17)10-13-22(27)25-15-19-8-11-21(12-9-19)26-23(28)20-3-2-14-24-16-20/h2-9,11-12,14,16H,10,13,15H2,1H3,(H,25,27)(H,26,28). The largest absolute Gasteiger partial charge is 0.352 e. The molecule has 1 aromatic heterocycles. The molecule has 0 bridgehead atoms. The first-order valence-electron chi connectivity index (χ1n) is 9.23. The molecule has 0 saturated carbocycles. The summed E-state index contributed by atoms with van der Waals surface area (Å²) in [4.78, 5) is 28.1. The quantitative estimate of drug-likeness (QED) is 0.660. The molecule has 28 heavy (non-hydrogen) atoms. The van der Waals surface area contributed by atoms with Crippen LogP contribution in [-0.4, -0.2) is 16.8 Å². The van der Waals surface area contributed by atoms with Crippen LogP contribution in [-0.2, 0) is 17.8 Å². The normalized spacial score (nSPS) is 10.3. The van der Waals surface area contributed by atoms with Crippen molar-refractivity contribution in [3.05, 3.63) is 95.3 Å². The number of hydrogen-bond donors (Lipinski definition) is 2. The highest BCUT2D eigenvalue weighted by Gasteiger charge is 2.06. The minimum Gasteiger partial charge on any atom is -0.352 e. The number of rotatable bonds is 7. The summed E-state index contributed by atoms with van der Waals surface area (Å²) in [7, 11) is 0. The Bertz CT molecular complexity index is 920. The van der Waals surface area contributed by atoms with E-state index in [0.717, 1.165) is 17.5 Å². The van der Waals surface area contributed by atoms with Gasteiger partial charge in [-0.15, -0.1) is 0 Å². The molecule has 5 nitrogen and oxygen atoms in total. The fourth-order valence-electron chi connectivity index (χ4n) is 2.71. The number of benzene rings is 2. The molecule has 0 unspecified atom stereocenters.